The standard InChI is InChI=1S/C24H24O7/c1-7-23(2,3)16-19-11(8-9-24(4,5)31-19)17(27)15-18(28)14-12(25)10-13(26)20(29-6)22(14)30-21(15)16/h7-10,25-27H,1H2,2-6H3. The number of allylic oxidation sites excluding steroid dienone is 1. The summed E-state index contributed by atoms with van der Waals surface area (Å²) in [5.41, 5.74) is -1.28. The van der Waals surface area contributed by atoms with Gasteiger partial charge in [-0.1, -0.05) is 19.9 Å². The number of aromatic hydroxyl groups is 3. The molecular formula is C24H24O7. The highest BCUT2D eigenvalue weighted by atomic mass is 16.5. The Morgan fingerprint density at radius 1 is 1.13 bits per heavy atom. The van der Waals surface area contributed by atoms with Gasteiger partial charge in [-0.3, -0.25) is 4.79 Å². The topological polar surface area (TPSA) is 109 Å². The van der Waals surface area contributed by atoms with Gasteiger partial charge in [0, 0.05) is 17.0 Å². The van der Waals surface area contributed by atoms with Crippen molar-refractivity contribution in [2.75, 3.05) is 7.11 Å². The van der Waals surface area contributed by atoms with E-state index in [1.165, 1.54) is 7.11 Å². The molecule has 0 amide bonds. The molecule has 0 saturated carbocycles. The zero-order chi connectivity index (χ0) is 22.9. The van der Waals surface area contributed by atoms with Crippen molar-refractivity contribution < 1.29 is 29.2 Å². The lowest BCUT2D eigenvalue weighted by molar-refractivity contribution is 0.155. The molecular weight excluding hydrogens is 400 g/mol. The molecule has 0 unspecified atom stereocenters. The zero-order valence-corrected chi connectivity index (χ0v) is 18.0. The lowest BCUT2D eigenvalue weighted by Gasteiger charge is -2.34. The number of phenols is 3. The average Bonchev–Trinajstić information content (AvgIpc) is 2.66. The van der Waals surface area contributed by atoms with Crippen LogP contribution < -0.4 is 14.9 Å². The van der Waals surface area contributed by atoms with Crippen molar-refractivity contribution in [2.24, 2.45) is 0 Å². The van der Waals surface area contributed by atoms with E-state index in [0.29, 0.717) is 16.9 Å². The lowest BCUT2D eigenvalue weighted by Crippen LogP contribution is -2.30. The fourth-order valence-corrected chi connectivity index (χ4v) is 3.91. The van der Waals surface area contributed by atoms with E-state index in [-0.39, 0.29) is 39.2 Å². The van der Waals surface area contributed by atoms with Gasteiger partial charge in [-0.05, 0) is 26.0 Å². The first-order valence-electron chi connectivity index (χ1n) is 9.74. The minimum atomic E-state index is -0.729. The van der Waals surface area contributed by atoms with Crippen LogP contribution in [0.1, 0.15) is 38.8 Å². The molecule has 0 bridgehead atoms. The Morgan fingerprint density at radius 2 is 1.81 bits per heavy atom. The van der Waals surface area contributed by atoms with Crippen LogP contribution in [0.3, 0.4) is 0 Å². The molecule has 4 rings (SSSR count). The molecule has 3 aromatic rings. The first-order chi connectivity index (χ1) is 14.4. The summed E-state index contributed by atoms with van der Waals surface area (Å²) in [5, 5.41) is 31.3. The van der Waals surface area contributed by atoms with Crippen LogP contribution in [0, 0.1) is 0 Å². The zero-order valence-electron chi connectivity index (χ0n) is 18.0. The third kappa shape index (κ3) is 2.84. The number of methoxy groups -OCH3 is 1. The van der Waals surface area contributed by atoms with E-state index in [0.717, 1.165) is 6.07 Å². The second kappa shape index (κ2) is 6.44. The van der Waals surface area contributed by atoms with Crippen LogP contribution in [0.4, 0.5) is 0 Å². The van der Waals surface area contributed by atoms with Crippen LogP contribution >= 0.6 is 0 Å². The number of fused-ring (bicyclic) bond motifs is 3. The van der Waals surface area contributed by atoms with Crippen molar-refractivity contribution in [1.29, 1.82) is 0 Å². The number of phenolic OH excluding ortho intramolecular Hbond substituents is 3. The summed E-state index contributed by atoms with van der Waals surface area (Å²) in [6.45, 7) is 11.4. The normalized spacial score (nSPS) is 15.0. The molecule has 7 heteroatoms. The summed E-state index contributed by atoms with van der Waals surface area (Å²) in [6.07, 6.45) is 5.18. The van der Waals surface area contributed by atoms with Crippen LogP contribution in [0.2, 0.25) is 0 Å². The van der Waals surface area contributed by atoms with E-state index in [9.17, 15) is 20.1 Å². The van der Waals surface area contributed by atoms with E-state index < -0.39 is 22.2 Å². The molecule has 2 heterocycles. The molecule has 0 radical (unpaired) electrons. The van der Waals surface area contributed by atoms with Crippen molar-refractivity contribution in [3.05, 3.63) is 46.1 Å². The van der Waals surface area contributed by atoms with E-state index in [1.54, 1.807) is 18.2 Å². The Balaban J connectivity index is 2.35. The van der Waals surface area contributed by atoms with Gasteiger partial charge in [-0.15, -0.1) is 6.58 Å². The Morgan fingerprint density at radius 3 is 2.42 bits per heavy atom. The molecule has 0 fully saturated rings. The molecule has 0 saturated heterocycles. The van der Waals surface area contributed by atoms with Crippen molar-refractivity contribution in [1.82, 2.24) is 0 Å². The SMILES string of the molecule is C=CC(C)(C)c1c2c(c(O)c3c(=O)c4c(O)cc(O)c(OC)c4oc13)C=CC(C)(C)O2. The highest BCUT2D eigenvalue weighted by molar-refractivity contribution is 6.03. The molecule has 7 nitrogen and oxygen atoms in total. The van der Waals surface area contributed by atoms with Gasteiger partial charge >= 0.3 is 0 Å². The minimum absolute atomic E-state index is 0.0630. The second-order valence-corrected chi connectivity index (χ2v) is 8.72. The Hall–Kier alpha value is -3.61. The molecule has 1 aliphatic heterocycles. The number of benzene rings is 2. The van der Waals surface area contributed by atoms with Crippen LogP contribution in [0.5, 0.6) is 28.7 Å². The molecule has 3 N–H and O–H groups in total. The third-order valence-electron chi connectivity index (χ3n) is 5.65. The monoisotopic (exact) mass is 424 g/mol. The Labute approximate surface area is 178 Å². The maximum Gasteiger partial charge on any atom is 0.208 e. The highest BCUT2D eigenvalue weighted by Crippen LogP contribution is 2.50. The smallest absolute Gasteiger partial charge is 0.208 e. The Kier molecular flexibility index (Phi) is 4.29. The average molecular weight is 424 g/mol. The Bertz CT molecular complexity index is 1360. The number of ether oxygens (including phenoxy) is 2. The molecule has 31 heavy (non-hydrogen) atoms. The predicted octanol–water partition coefficient (Wildman–Crippen LogP) is 4.72. The van der Waals surface area contributed by atoms with Gasteiger partial charge in [0.2, 0.25) is 11.2 Å². The number of hydrogen-bond donors (Lipinski definition) is 3. The molecule has 0 aliphatic carbocycles. The minimum Gasteiger partial charge on any atom is -0.507 e. The van der Waals surface area contributed by atoms with Gasteiger partial charge in [0.25, 0.3) is 0 Å². The molecule has 0 spiro atoms. The predicted molar refractivity (Wildman–Crippen MR) is 119 cm³/mol. The first-order valence-corrected chi connectivity index (χ1v) is 9.74. The fourth-order valence-electron chi connectivity index (χ4n) is 3.91. The lowest BCUT2D eigenvalue weighted by atomic mass is 9.80. The first kappa shape index (κ1) is 20.7. The maximum atomic E-state index is 13.5. The van der Waals surface area contributed by atoms with Crippen molar-refractivity contribution in [3.63, 3.8) is 0 Å². The van der Waals surface area contributed by atoms with E-state index >= 15 is 0 Å². The second-order valence-electron chi connectivity index (χ2n) is 8.72. The van der Waals surface area contributed by atoms with E-state index in [1.807, 2.05) is 27.7 Å². The van der Waals surface area contributed by atoms with Gasteiger partial charge in [0.05, 0.1) is 12.7 Å². The van der Waals surface area contributed by atoms with Gasteiger partial charge in [0.1, 0.15) is 39.2 Å². The fraction of sp³-hybridized carbons (Fsp3) is 0.292. The van der Waals surface area contributed by atoms with Crippen molar-refractivity contribution in [3.8, 4) is 28.7 Å². The summed E-state index contributed by atoms with van der Waals surface area (Å²) in [6, 6.07) is 1.000. The van der Waals surface area contributed by atoms with E-state index in [4.69, 9.17) is 13.9 Å². The summed E-state index contributed by atoms with van der Waals surface area (Å²) in [5.74, 6) is -0.927. The molecule has 0 atom stereocenters. The molecule has 1 aromatic heterocycles. The largest absolute Gasteiger partial charge is 0.507 e. The van der Waals surface area contributed by atoms with E-state index in [2.05, 4.69) is 6.58 Å². The van der Waals surface area contributed by atoms with Crippen LogP contribution in [0.25, 0.3) is 28.0 Å². The number of hydrogen-bond acceptors (Lipinski definition) is 7. The summed E-state index contributed by atoms with van der Waals surface area (Å²) >= 11 is 0. The van der Waals surface area contributed by atoms with Crippen molar-refractivity contribution >= 4 is 28.0 Å². The quantitative estimate of drug-likeness (QED) is 0.412. The van der Waals surface area contributed by atoms with Gasteiger partial charge in [0.15, 0.2) is 11.3 Å². The van der Waals surface area contributed by atoms with Crippen LogP contribution in [0.15, 0.2) is 34.0 Å². The number of rotatable bonds is 3. The maximum absolute atomic E-state index is 13.5. The molecule has 162 valence electrons. The summed E-state index contributed by atoms with van der Waals surface area (Å²) in [7, 11) is 1.31. The van der Waals surface area contributed by atoms with Crippen LogP contribution in [-0.2, 0) is 5.41 Å². The molecule has 2 aromatic carbocycles. The van der Waals surface area contributed by atoms with Gasteiger partial charge in [-0.2, -0.15) is 0 Å². The third-order valence-corrected chi connectivity index (χ3v) is 5.65. The highest BCUT2D eigenvalue weighted by Gasteiger charge is 2.36. The molecule has 1 aliphatic rings. The van der Waals surface area contributed by atoms with Gasteiger partial charge < -0.3 is 29.2 Å². The summed E-state index contributed by atoms with van der Waals surface area (Å²) in [4.78, 5) is 13.5. The van der Waals surface area contributed by atoms with Crippen LogP contribution in [-0.4, -0.2) is 28.0 Å². The summed E-state index contributed by atoms with van der Waals surface area (Å²) < 4.78 is 17.5. The van der Waals surface area contributed by atoms with Crippen molar-refractivity contribution in [2.45, 2.75) is 38.7 Å². The van der Waals surface area contributed by atoms with Gasteiger partial charge in [-0.25, -0.2) is 0 Å².